The van der Waals surface area contributed by atoms with Gasteiger partial charge in [-0.05, 0) is 37.6 Å². The van der Waals surface area contributed by atoms with Crippen LogP contribution in [0.25, 0.3) is 0 Å². The summed E-state index contributed by atoms with van der Waals surface area (Å²) >= 11 is 2.03. The molecule has 0 saturated carbocycles. The number of hydrogen-bond acceptors (Lipinski definition) is 7. The Balaban J connectivity index is 1.71. The minimum absolute atomic E-state index is 0.156. The molecule has 0 bridgehead atoms. The van der Waals surface area contributed by atoms with Gasteiger partial charge in [-0.1, -0.05) is 36.0 Å². The van der Waals surface area contributed by atoms with E-state index in [2.05, 4.69) is 5.32 Å². The van der Waals surface area contributed by atoms with Gasteiger partial charge in [-0.2, -0.15) is 0 Å². The van der Waals surface area contributed by atoms with E-state index in [4.69, 9.17) is 0 Å². The molecule has 178 valence electrons. The van der Waals surface area contributed by atoms with E-state index in [0.29, 0.717) is 5.56 Å². The average molecular weight is 506 g/mol. The fourth-order valence-corrected chi connectivity index (χ4v) is 7.39. The van der Waals surface area contributed by atoms with Gasteiger partial charge in [0.2, 0.25) is 10.8 Å². The molecule has 2 fully saturated rings. The molecule has 2 amide bonds. The molecule has 0 radical (unpaired) electrons. The summed E-state index contributed by atoms with van der Waals surface area (Å²) in [6.45, 7) is 3.38. The first kappa shape index (κ1) is 24.0. The number of nitro groups is 1. The van der Waals surface area contributed by atoms with Crippen molar-refractivity contribution in [2.24, 2.45) is 0 Å². The van der Waals surface area contributed by atoms with E-state index < -0.39 is 49.6 Å². The van der Waals surface area contributed by atoms with Crippen LogP contribution in [-0.2, 0) is 20.8 Å². The molecule has 0 spiro atoms. The van der Waals surface area contributed by atoms with E-state index in [1.165, 1.54) is 53.1 Å². The molecule has 12 heteroatoms. The summed E-state index contributed by atoms with van der Waals surface area (Å²) in [5.41, 5.74) is 0.143. The molecule has 1 unspecified atom stereocenters. The van der Waals surface area contributed by atoms with Crippen molar-refractivity contribution < 1.29 is 28.8 Å². The number of carboxylic acids is 1. The second kappa shape index (κ2) is 8.58. The third kappa shape index (κ3) is 4.00. The van der Waals surface area contributed by atoms with Gasteiger partial charge in [0.05, 0.1) is 16.2 Å². The van der Waals surface area contributed by atoms with Crippen molar-refractivity contribution in [3.8, 4) is 0 Å². The summed E-state index contributed by atoms with van der Waals surface area (Å²) in [5.74, 6) is -2.94. The minimum atomic E-state index is -1.66. The lowest BCUT2D eigenvalue weighted by molar-refractivity contribution is -0.387. The van der Waals surface area contributed by atoms with Gasteiger partial charge in [0.1, 0.15) is 17.2 Å². The Morgan fingerprint density at radius 2 is 1.97 bits per heavy atom. The van der Waals surface area contributed by atoms with Crippen molar-refractivity contribution in [1.29, 1.82) is 0 Å². The molecule has 4 rings (SSSR count). The molecule has 2 aromatic carbocycles. The number of amides is 2. The maximum Gasteiger partial charge on any atom is 0.327 e. The Morgan fingerprint density at radius 3 is 2.62 bits per heavy atom. The zero-order valence-electron chi connectivity index (χ0n) is 18.1. The van der Waals surface area contributed by atoms with Crippen LogP contribution >= 0.6 is 23.5 Å². The maximum atomic E-state index is 13.6. The fraction of sp³-hybridized carbons (Fsp3) is 0.318. The molecule has 2 saturated heterocycles. The van der Waals surface area contributed by atoms with E-state index in [0.717, 1.165) is 11.8 Å². The molecule has 34 heavy (non-hydrogen) atoms. The van der Waals surface area contributed by atoms with Gasteiger partial charge in [-0.15, -0.1) is 11.8 Å². The Labute approximate surface area is 202 Å². The van der Waals surface area contributed by atoms with Gasteiger partial charge in [-0.25, -0.2) is 9.18 Å². The molecular formula is C22H20FN3O6S2. The summed E-state index contributed by atoms with van der Waals surface area (Å²) in [5, 5.41) is 23.2. The fourth-order valence-electron chi connectivity index (χ4n) is 4.22. The monoisotopic (exact) mass is 505 g/mol. The van der Waals surface area contributed by atoms with Crippen molar-refractivity contribution in [2.45, 2.75) is 46.2 Å². The van der Waals surface area contributed by atoms with E-state index >= 15 is 0 Å². The number of β-lactam (4-membered cyclic amide) rings is 1. The highest BCUT2D eigenvalue weighted by Gasteiger charge is 2.73. The zero-order chi connectivity index (χ0) is 24.8. The predicted molar refractivity (Wildman–Crippen MR) is 124 cm³/mol. The smallest absolute Gasteiger partial charge is 0.327 e. The molecule has 0 aliphatic carbocycles. The molecule has 0 aromatic heterocycles. The van der Waals surface area contributed by atoms with Gasteiger partial charge in [-0.3, -0.25) is 19.7 Å². The van der Waals surface area contributed by atoms with Crippen LogP contribution in [0.5, 0.6) is 0 Å². The maximum absolute atomic E-state index is 13.6. The van der Waals surface area contributed by atoms with Gasteiger partial charge >= 0.3 is 5.97 Å². The number of fused-ring (bicyclic) bond motifs is 1. The minimum Gasteiger partial charge on any atom is -0.480 e. The van der Waals surface area contributed by atoms with Crippen LogP contribution in [0.4, 0.5) is 10.1 Å². The van der Waals surface area contributed by atoms with E-state index in [1.807, 2.05) is 0 Å². The Kier molecular flexibility index (Phi) is 6.06. The predicted octanol–water partition coefficient (Wildman–Crippen LogP) is 3.03. The van der Waals surface area contributed by atoms with E-state index in [9.17, 15) is 34.0 Å². The second-order valence-corrected chi connectivity index (χ2v) is 11.5. The van der Waals surface area contributed by atoms with Crippen LogP contribution in [-0.4, -0.2) is 53.7 Å². The van der Waals surface area contributed by atoms with Crippen LogP contribution in [0.3, 0.4) is 0 Å². The Bertz CT molecular complexity index is 1210. The summed E-state index contributed by atoms with van der Waals surface area (Å²) in [7, 11) is 0. The summed E-state index contributed by atoms with van der Waals surface area (Å²) < 4.78 is 12.7. The number of hydrogen-bond donors (Lipinski definition) is 2. The Hall–Kier alpha value is -3.12. The lowest BCUT2D eigenvalue weighted by Crippen LogP contribution is -2.78. The number of aliphatic carboxylic acids is 1. The highest BCUT2D eigenvalue weighted by molar-refractivity contribution is 8.06. The number of rotatable bonds is 7. The number of nitrogens with zero attached hydrogens (tertiary/aromatic N) is 2. The quantitative estimate of drug-likeness (QED) is 0.254. The largest absolute Gasteiger partial charge is 0.480 e. The topological polar surface area (TPSA) is 130 Å². The van der Waals surface area contributed by atoms with Crippen molar-refractivity contribution in [3.05, 3.63) is 70.0 Å². The van der Waals surface area contributed by atoms with Crippen molar-refractivity contribution >= 4 is 47.0 Å². The van der Waals surface area contributed by atoms with Gasteiger partial charge in [0, 0.05) is 10.8 Å². The van der Waals surface area contributed by atoms with Crippen LogP contribution in [0.15, 0.2) is 53.4 Å². The van der Waals surface area contributed by atoms with Crippen LogP contribution < -0.4 is 5.32 Å². The van der Waals surface area contributed by atoms with Crippen LogP contribution in [0.1, 0.15) is 19.4 Å². The number of nitrogens with one attached hydrogen (secondary N) is 1. The lowest BCUT2D eigenvalue weighted by atomic mass is 9.95. The van der Waals surface area contributed by atoms with E-state index in [-0.39, 0.29) is 17.0 Å². The van der Waals surface area contributed by atoms with Crippen molar-refractivity contribution in [1.82, 2.24) is 10.2 Å². The molecule has 2 heterocycles. The molecule has 3 atom stereocenters. The first-order chi connectivity index (χ1) is 16.0. The normalized spacial score (nSPS) is 24.8. The molecule has 2 N–H and O–H groups in total. The van der Waals surface area contributed by atoms with Gasteiger partial charge in [0.25, 0.3) is 11.6 Å². The van der Waals surface area contributed by atoms with Gasteiger partial charge < -0.3 is 15.3 Å². The molecular weight excluding hydrogens is 485 g/mol. The summed E-state index contributed by atoms with van der Waals surface area (Å²) in [6.07, 6.45) is -0.229. The van der Waals surface area contributed by atoms with Crippen LogP contribution in [0.2, 0.25) is 0 Å². The molecule has 2 aliphatic heterocycles. The SMILES string of the molecule is CC1(C)S[C@H]2N(C(=O)C2(NC(=O)Cc2cccc(F)c2)Sc2ccccc2[N+](=O)[O-])[C@H]1C(=O)O. The van der Waals surface area contributed by atoms with Gasteiger partial charge in [0.15, 0.2) is 0 Å². The summed E-state index contributed by atoms with van der Waals surface area (Å²) in [6, 6.07) is 10.1. The van der Waals surface area contributed by atoms with E-state index in [1.54, 1.807) is 26.0 Å². The van der Waals surface area contributed by atoms with Crippen molar-refractivity contribution in [3.63, 3.8) is 0 Å². The molecule has 2 aromatic rings. The Morgan fingerprint density at radius 1 is 1.26 bits per heavy atom. The summed E-state index contributed by atoms with van der Waals surface area (Å²) in [4.78, 5) is 49.1. The van der Waals surface area contributed by atoms with Crippen molar-refractivity contribution in [2.75, 3.05) is 0 Å². The number of para-hydroxylation sites is 1. The van der Waals surface area contributed by atoms with Crippen LogP contribution in [0, 0.1) is 15.9 Å². The highest BCUT2D eigenvalue weighted by Crippen LogP contribution is 2.60. The number of nitro benzene ring substituents is 1. The number of carboxylic acid groups (broad SMARTS) is 1. The third-order valence-electron chi connectivity index (χ3n) is 5.65. The molecule has 9 nitrogen and oxygen atoms in total. The second-order valence-electron chi connectivity index (χ2n) is 8.44. The lowest BCUT2D eigenvalue weighted by Gasteiger charge is -2.52. The average Bonchev–Trinajstić information content (AvgIpc) is 3.02. The third-order valence-corrected chi connectivity index (χ3v) is 8.82. The molecule has 2 aliphatic rings. The number of halogens is 1. The first-order valence-corrected chi connectivity index (χ1v) is 11.9. The zero-order valence-corrected chi connectivity index (χ0v) is 19.7. The first-order valence-electron chi connectivity index (χ1n) is 10.2. The highest BCUT2D eigenvalue weighted by atomic mass is 32.2. The number of carbonyl (C=O) groups is 3. The number of benzene rings is 2. The standard InChI is InChI=1S/C22H20FN3O6S2/c1-21(2)17(18(28)29)25-19(30)22(20(25)34-21,33-15-9-4-3-8-14(15)26(31)32)24-16(27)11-12-6-5-7-13(23)10-12/h3-10,17,20H,11H2,1-2H3,(H,24,27)(H,28,29)/t17-,20+,22?/m0/s1. The number of thioether (sulfide) groups is 2. The number of carbonyl (C=O) groups excluding carboxylic acids is 2.